The highest BCUT2D eigenvalue weighted by molar-refractivity contribution is 6.31. The molecule has 7 heteroatoms. The van der Waals surface area contributed by atoms with Gasteiger partial charge in [-0.05, 0) is 60.9 Å². The van der Waals surface area contributed by atoms with Crippen LogP contribution in [-0.4, -0.2) is 31.7 Å². The summed E-state index contributed by atoms with van der Waals surface area (Å²) in [6, 6.07) is 22.0. The highest BCUT2D eigenvalue weighted by Crippen LogP contribution is 2.33. The average molecular weight is 444 g/mol. The van der Waals surface area contributed by atoms with Gasteiger partial charge in [0.25, 0.3) is 5.78 Å². The highest BCUT2D eigenvalue weighted by atomic mass is 35.5. The van der Waals surface area contributed by atoms with Gasteiger partial charge in [0.2, 0.25) is 0 Å². The Morgan fingerprint density at radius 2 is 1.75 bits per heavy atom. The van der Waals surface area contributed by atoms with Crippen molar-refractivity contribution >= 4 is 39.8 Å². The average Bonchev–Trinajstić information content (AvgIpc) is 3.26. The van der Waals surface area contributed by atoms with E-state index in [1.165, 1.54) is 0 Å². The molecule has 0 aliphatic carbocycles. The summed E-state index contributed by atoms with van der Waals surface area (Å²) in [4.78, 5) is 6.80. The maximum absolute atomic E-state index is 10.2. The van der Waals surface area contributed by atoms with Crippen molar-refractivity contribution in [1.82, 2.24) is 19.6 Å². The zero-order valence-electron chi connectivity index (χ0n) is 18.0. The van der Waals surface area contributed by atoms with Gasteiger partial charge in [-0.25, -0.2) is 0 Å². The molecule has 0 aliphatic rings. The lowest BCUT2D eigenvalue weighted by Crippen LogP contribution is -2.15. The third-order valence-electron chi connectivity index (χ3n) is 5.67. The summed E-state index contributed by atoms with van der Waals surface area (Å²) >= 11 is 6.26. The van der Waals surface area contributed by atoms with Crippen LogP contribution in [0.3, 0.4) is 0 Å². The fourth-order valence-corrected chi connectivity index (χ4v) is 4.03. The molecule has 0 atom stereocenters. The van der Waals surface area contributed by atoms with E-state index in [9.17, 15) is 5.11 Å². The fraction of sp³-hybridized carbons (Fsp3) is 0.160. The summed E-state index contributed by atoms with van der Waals surface area (Å²) in [6.07, 6.45) is 1.64. The predicted molar refractivity (Wildman–Crippen MR) is 128 cm³/mol. The zero-order chi connectivity index (χ0) is 22.5. The Kier molecular flexibility index (Phi) is 4.84. The number of nitrogens with zero attached hydrogens (tertiary/aromatic N) is 5. The summed E-state index contributed by atoms with van der Waals surface area (Å²) in [5, 5.41) is 20.0. The van der Waals surface area contributed by atoms with Crippen molar-refractivity contribution in [2.75, 3.05) is 11.9 Å². The van der Waals surface area contributed by atoms with E-state index >= 15 is 0 Å². The van der Waals surface area contributed by atoms with Gasteiger partial charge in [-0.15, -0.1) is 10.2 Å². The molecule has 0 bridgehead atoms. The van der Waals surface area contributed by atoms with Crippen LogP contribution in [0.25, 0.3) is 27.8 Å². The normalized spacial score (nSPS) is 11.9. The molecule has 2 heterocycles. The Hall–Kier alpha value is -3.48. The van der Waals surface area contributed by atoms with Crippen LogP contribution in [0.1, 0.15) is 19.4 Å². The molecule has 2 aromatic heterocycles. The quantitative estimate of drug-likeness (QED) is 0.392. The second kappa shape index (κ2) is 7.58. The van der Waals surface area contributed by atoms with E-state index in [1.54, 1.807) is 20.2 Å². The lowest BCUT2D eigenvalue weighted by molar-refractivity contribution is 0.0786. The summed E-state index contributed by atoms with van der Waals surface area (Å²) in [5.41, 5.74) is 4.05. The molecule has 6 nitrogen and oxygen atoms in total. The van der Waals surface area contributed by atoms with Gasteiger partial charge in [0.1, 0.15) is 12.1 Å². The molecule has 5 rings (SSSR count). The summed E-state index contributed by atoms with van der Waals surface area (Å²) in [6.45, 7) is 3.57. The van der Waals surface area contributed by atoms with E-state index in [4.69, 9.17) is 16.6 Å². The summed E-state index contributed by atoms with van der Waals surface area (Å²) in [7, 11) is 1.99. The second-order valence-corrected chi connectivity index (χ2v) is 8.78. The third kappa shape index (κ3) is 3.57. The van der Waals surface area contributed by atoms with Gasteiger partial charge < -0.3 is 10.0 Å². The van der Waals surface area contributed by atoms with Crippen LogP contribution in [0.4, 0.5) is 11.5 Å². The van der Waals surface area contributed by atoms with Gasteiger partial charge in [0.15, 0.2) is 0 Å². The Balaban J connectivity index is 1.58. The van der Waals surface area contributed by atoms with E-state index < -0.39 is 5.60 Å². The van der Waals surface area contributed by atoms with E-state index in [0.29, 0.717) is 10.8 Å². The monoisotopic (exact) mass is 443 g/mol. The molecule has 0 radical (unpaired) electrons. The van der Waals surface area contributed by atoms with Gasteiger partial charge in [0, 0.05) is 23.1 Å². The molecule has 160 valence electrons. The number of benzene rings is 3. The maximum Gasteiger partial charge on any atom is 0.257 e. The Bertz CT molecular complexity index is 1440. The molecule has 0 aliphatic heterocycles. The molecule has 0 saturated heterocycles. The Morgan fingerprint density at radius 3 is 2.50 bits per heavy atom. The van der Waals surface area contributed by atoms with Gasteiger partial charge in [0.05, 0.1) is 11.1 Å². The first kappa shape index (κ1) is 20.4. The minimum absolute atomic E-state index is 0.514. The minimum atomic E-state index is -0.865. The number of hydrogen-bond acceptors (Lipinski definition) is 5. The smallest absolute Gasteiger partial charge is 0.257 e. The lowest BCUT2D eigenvalue weighted by Gasteiger charge is -2.21. The highest BCUT2D eigenvalue weighted by Gasteiger charge is 2.17. The van der Waals surface area contributed by atoms with Crippen LogP contribution in [-0.2, 0) is 5.60 Å². The second-order valence-electron chi connectivity index (χ2n) is 8.34. The molecule has 32 heavy (non-hydrogen) atoms. The van der Waals surface area contributed by atoms with E-state index in [1.807, 2.05) is 70.9 Å². The van der Waals surface area contributed by atoms with Crippen LogP contribution in [0.15, 0.2) is 73.1 Å². The molecule has 0 amide bonds. The number of hydrogen-bond donors (Lipinski definition) is 1. The first-order chi connectivity index (χ1) is 15.3. The first-order valence-electron chi connectivity index (χ1n) is 10.3. The van der Waals surface area contributed by atoms with E-state index in [2.05, 4.69) is 22.3 Å². The van der Waals surface area contributed by atoms with Gasteiger partial charge in [-0.1, -0.05) is 48.0 Å². The Morgan fingerprint density at radius 1 is 0.969 bits per heavy atom. The fourth-order valence-electron chi connectivity index (χ4n) is 3.87. The molecule has 1 N–H and O–H groups in total. The van der Waals surface area contributed by atoms with Crippen LogP contribution < -0.4 is 4.90 Å². The van der Waals surface area contributed by atoms with Crippen molar-refractivity contribution in [3.8, 4) is 11.1 Å². The molecule has 0 saturated carbocycles. The van der Waals surface area contributed by atoms with Crippen LogP contribution in [0, 0.1) is 0 Å². The van der Waals surface area contributed by atoms with Crippen molar-refractivity contribution in [1.29, 1.82) is 0 Å². The topological polar surface area (TPSA) is 66.5 Å². The number of aromatic nitrogens is 4. The zero-order valence-corrected chi connectivity index (χ0v) is 18.7. The molecular formula is C25H22ClN5O. The standard InChI is InChI=1S/C25H22ClN5O/c1-25(2,32)18-9-7-16(8-10-18)17-5-4-6-20(13-17)30(3)23-21-12-11-19(26)14-22(21)31-15-27-29-24(31)28-23/h4-15,32H,1-3H3. The van der Waals surface area contributed by atoms with Gasteiger partial charge in [-0.2, -0.15) is 4.98 Å². The third-order valence-corrected chi connectivity index (χ3v) is 5.91. The molecule has 0 unspecified atom stereocenters. The SMILES string of the molecule is CN(c1cccc(-c2ccc(C(C)(C)O)cc2)c1)c1nc2nncn2c2cc(Cl)ccc12. The van der Waals surface area contributed by atoms with Crippen molar-refractivity contribution < 1.29 is 5.11 Å². The van der Waals surface area contributed by atoms with Crippen LogP contribution >= 0.6 is 11.6 Å². The van der Waals surface area contributed by atoms with Crippen LogP contribution in [0.2, 0.25) is 5.02 Å². The number of fused-ring (bicyclic) bond motifs is 3. The molecule has 5 aromatic rings. The van der Waals surface area contributed by atoms with E-state index in [-0.39, 0.29) is 0 Å². The molecule has 0 spiro atoms. The predicted octanol–water partition coefficient (Wildman–Crippen LogP) is 5.59. The number of anilines is 2. The van der Waals surface area contributed by atoms with Crippen molar-refractivity contribution in [2.24, 2.45) is 0 Å². The van der Waals surface area contributed by atoms with Gasteiger partial charge >= 0.3 is 0 Å². The Labute approximate surface area is 190 Å². The van der Waals surface area contributed by atoms with Crippen molar-refractivity contribution in [3.63, 3.8) is 0 Å². The summed E-state index contributed by atoms with van der Waals surface area (Å²) < 4.78 is 1.83. The van der Waals surface area contributed by atoms with Crippen molar-refractivity contribution in [2.45, 2.75) is 19.4 Å². The molecule has 3 aromatic carbocycles. The van der Waals surface area contributed by atoms with Crippen LogP contribution in [0.5, 0.6) is 0 Å². The molecular weight excluding hydrogens is 422 g/mol. The minimum Gasteiger partial charge on any atom is -0.386 e. The number of rotatable bonds is 4. The van der Waals surface area contributed by atoms with E-state index in [0.717, 1.165) is 39.1 Å². The van der Waals surface area contributed by atoms with Crippen molar-refractivity contribution in [3.05, 3.63) is 83.6 Å². The largest absolute Gasteiger partial charge is 0.386 e. The number of halogens is 1. The molecule has 0 fully saturated rings. The van der Waals surface area contributed by atoms with Gasteiger partial charge in [-0.3, -0.25) is 4.40 Å². The maximum atomic E-state index is 10.2. The first-order valence-corrected chi connectivity index (χ1v) is 10.7. The lowest BCUT2D eigenvalue weighted by atomic mass is 9.95. The summed E-state index contributed by atoms with van der Waals surface area (Å²) in [5.74, 6) is 1.28. The number of aliphatic hydroxyl groups is 1.